The number of amides is 3. The number of anilines is 1. The molecule has 0 aliphatic carbocycles. The zero-order chi connectivity index (χ0) is 29.4. The first-order valence-electron chi connectivity index (χ1n) is 12.6. The first kappa shape index (κ1) is 31.4. The second-order valence-corrected chi connectivity index (χ2v) is 11.7. The minimum atomic E-state index is -3.82. The van der Waals surface area contributed by atoms with E-state index in [2.05, 4.69) is 10.6 Å². The number of urea groups is 1. The van der Waals surface area contributed by atoms with E-state index in [0.717, 1.165) is 5.56 Å². The number of nitrogens with two attached hydrogens (primary N) is 1. The number of halogens is 2. The van der Waals surface area contributed by atoms with Crippen LogP contribution in [-0.4, -0.2) is 49.5 Å². The molecule has 0 aliphatic heterocycles. The van der Waals surface area contributed by atoms with E-state index >= 15 is 0 Å². The second-order valence-electron chi connectivity index (χ2n) is 9.30. The normalized spacial score (nSPS) is 12.8. The third kappa shape index (κ3) is 8.67. The molecule has 5 N–H and O–H groups in total. The Balaban J connectivity index is 1.55. The van der Waals surface area contributed by atoms with E-state index in [1.54, 1.807) is 35.2 Å². The van der Waals surface area contributed by atoms with Crippen molar-refractivity contribution in [3.8, 4) is 0 Å². The molecule has 40 heavy (non-hydrogen) atoms. The van der Waals surface area contributed by atoms with Gasteiger partial charge in [0.05, 0.1) is 27.6 Å². The van der Waals surface area contributed by atoms with Crippen LogP contribution in [0.2, 0.25) is 10.0 Å². The Morgan fingerprint density at radius 2 is 1.65 bits per heavy atom. The molecule has 3 aromatic carbocycles. The Labute approximate surface area is 244 Å². The van der Waals surface area contributed by atoms with Gasteiger partial charge in [0.2, 0.25) is 10.0 Å². The molecule has 2 atom stereocenters. The second kappa shape index (κ2) is 14.0. The van der Waals surface area contributed by atoms with E-state index in [-0.39, 0.29) is 29.4 Å². The van der Waals surface area contributed by atoms with Crippen LogP contribution in [0.25, 0.3) is 0 Å². The fraction of sp³-hybridized carbons (Fsp3) is 0.286. The molecule has 0 saturated heterocycles. The highest BCUT2D eigenvalue weighted by Crippen LogP contribution is 2.27. The van der Waals surface area contributed by atoms with Crippen molar-refractivity contribution in [2.24, 2.45) is 5.14 Å². The summed E-state index contributed by atoms with van der Waals surface area (Å²) in [7, 11) is -3.82. The minimum Gasteiger partial charge on any atom is -0.387 e. The summed E-state index contributed by atoms with van der Waals surface area (Å²) in [6.45, 7) is 4.30. The Kier molecular flexibility index (Phi) is 11.0. The topological polar surface area (TPSA) is 142 Å². The first-order chi connectivity index (χ1) is 18.9. The van der Waals surface area contributed by atoms with Crippen molar-refractivity contribution in [1.82, 2.24) is 10.2 Å². The Hall–Kier alpha value is -3.15. The third-order valence-corrected chi connectivity index (χ3v) is 8.10. The summed E-state index contributed by atoms with van der Waals surface area (Å²) in [5, 5.41) is 22.2. The molecule has 0 saturated carbocycles. The van der Waals surface area contributed by atoms with E-state index in [4.69, 9.17) is 28.3 Å². The number of nitrogens with zero attached hydrogens (tertiary/aromatic N) is 1. The van der Waals surface area contributed by atoms with Crippen LogP contribution >= 0.6 is 23.2 Å². The van der Waals surface area contributed by atoms with Gasteiger partial charge in [-0.1, -0.05) is 48.3 Å². The molecule has 0 bridgehead atoms. The van der Waals surface area contributed by atoms with Gasteiger partial charge in [-0.15, -0.1) is 0 Å². The average Bonchev–Trinajstić information content (AvgIpc) is 2.93. The lowest BCUT2D eigenvalue weighted by atomic mass is 10.1. The number of aliphatic hydroxyl groups is 1. The number of carbonyl (C=O) groups is 2. The molecule has 0 spiro atoms. The van der Waals surface area contributed by atoms with Gasteiger partial charge in [0.15, 0.2) is 0 Å². The van der Waals surface area contributed by atoms with Crippen molar-refractivity contribution in [2.45, 2.75) is 43.7 Å². The predicted molar refractivity (Wildman–Crippen MR) is 157 cm³/mol. The zero-order valence-electron chi connectivity index (χ0n) is 22.1. The van der Waals surface area contributed by atoms with Gasteiger partial charge in [0.25, 0.3) is 5.91 Å². The van der Waals surface area contributed by atoms with E-state index < -0.39 is 16.1 Å². The summed E-state index contributed by atoms with van der Waals surface area (Å²) in [5.74, 6) is -0.335. The predicted octanol–water partition coefficient (Wildman–Crippen LogP) is 4.98. The number of primary sulfonamides is 1. The zero-order valence-corrected chi connectivity index (χ0v) is 24.4. The lowest BCUT2D eigenvalue weighted by molar-refractivity contribution is 0.0954. The molecule has 0 aliphatic rings. The number of hydrogen-bond donors (Lipinski definition) is 4. The lowest BCUT2D eigenvalue weighted by Gasteiger charge is -2.31. The number of hydrogen-bond acceptors (Lipinski definition) is 5. The largest absolute Gasteiger partial charge is 0.387 e. The summed E-state index contributed by atoms with van der Waals surface area (Å²) >= 11 is 12.1. The Morgan fingerprint density at radius 3 is 2.23 bits per heavy atom. The monoisotopic (exact) mass is 606 g/mol. The molecular weight excluding hydrogens is 575 g/mol. The van der Waals surface area contributed by atoms with Crippen molar-refractivity contribution in [3.05, 3.63) is 93.5 Å². The average molecular weight is 608 g/mol. The van der Waals surface area contributed by atoms with Crippen LogP contribution in [0.1, 0.15) is 47.9 Å². The quantitative estimate of drug-likeness (QED) is 0.243. The summed E-state index contributed by atoms with van der Waals surface area (Å²) in [4.78, 5) is 27.0. The van der Waals surface area contributed by atoms with Gasteiger partial charge < -0.3 is 20.6 Å². The van der Waals surface area contributed by atoms with Gasteiger partial charge in [-0.25, -0.2) is 18.4 Å². The highest BCUT2D eigenvalue weighted by atomic mass is 35.5. The highest BCUT2D eigenvalue weighted by molar-refractivity contribution is 7.89. The van der Waals surface area contributed by atoms with Crippen LogP contribution in [0.5, 0.6) is 0 Å². The first-order valence-corrected chi connectivity index (χ1v) is 14.9. The van der Waals surface area contributed by atoms with Gasteiger partial charge in [0.1, 0.15) is 0 Å². The maximum atomic E-state index is 13.1. The molecule has 12 heteroatoms. The molecule has 3 aromatic rings. The fourth-order valence-corrected chi connectivity index (χ4v) is 4.69. The van der Waals surface area contributed by atoms with Crippen molar-refractivity contribution in [1.29, 1.82) is 0 Å². The molecule has 0 aromatic heterocycles. The SMILES string of the molecule is CC[C@@H](C)N(C[C@@H](O)c1ccc(Cl)c(Cl)c1)C(=O)Nc1ccc(CCNC(=O)c2ccc(S(N)(=O)=O)cc2)cc1. The maximum Gasteiger partial charge on any atom is 0.322 e. The molecule has 3 rings (SSSR count). The van der Waals surface area contributed by atoms with Gasteiger partial charge in [0, 0.05) is 23.8 Å². The maximum absolute atomic E-state index is 13.1. The summed E-state index contributed by atoms with van der Waals surface area (Å²) in [5.41, 5.74) is 2.41. The van der Waals surface area contributed by atoms with E-state index in [1.165, 1.54) is 24.3 Å². The van der Waals surface area contributed by atoms with Crippen LogP contribution in [-0.2, 0) is 16.4 Å². The van der Waals surface area contributed by atoms with Crippen LogP contribution in [0, 0.1) is 0 Å². The minimum absolute atomic E-state index is 0.0637. The van der Waals surface area contributed by atoms with Crippen molar-refractivity contribution < 1.29 is 23.1 Å². The number of aliphatic hydroxyl groups excluding tert-OH is 1. The Morgan fingerprint density at radius 1 is 1.00 bits per heavy atom. The fourth-order valence-electron chi connectivity index (χ4n) is 3.86. The number of benzene rings is 3. The number of rotatable bonds is 11. The van der Waals surface area contributed by atoms with Gasteiger partial charge in [-0.2, -0.15) is 0 Å². The molecular formula is C28H32Cl2N4O5S. The molecule has 0 unspecified atom stereocenters. The van der Waals surface area contributed by atoms with Crippen molar-refractivity contribution in [3.63, 3.8) is 0 Å². The number of nitrogens with one attached hydrogen (secondary N) is 2. The Bertz CT molecular complexity index is 1430. The number of carbonyl (C=O) groups excluding carboxylic acids is 2. The van der Waals surface area contributed by atoms with Gasteiger partial charge in [-0.3, -0.25) is 4.79 Å². The molecule has 3 amide bonds. The summed E-state index contributed by atoms with van der Waals surface area (Å²) < 4.78 is 22.7. The van der Waals surface area contributed by atoms with Crippen LogP contribution in [0.3, 0.4) is 0 Å². The molecule has 0 fully saturated rings. The third-order valence-electron chi connectivity index (χ3n) is 6.43. The van der Waals surface area contributed by atoms with Gasteiger partial charge in [-0.05, 0) is 79.4 Å². The highest BCUT2D eigenvalue weighted by Gasteiger charge is 2.23. The molecule has 9 nitrogen and oxygen atoms in total. The van der Waals surface area contributed by atoms with E-state index in [9.17, 15) is 23.1 Å². The smallest absolute Gasteiger partial charge is 0.322 e. The van der Waals surface area contributed by atoms with Crippen molar-refractivity contribution in [2.75, 3.05) is 18.4 Å². The standard InChI is InChI=1S/C28H32Cl2N4O5S/c1-3-18(2)34(17-26(35)21-8-13-24(29)25(30)16-21)28(37)33-22-9-4-19(5-10-22)14-15-32-27(36)20-6-11-23(12-7-20)40(31,38)39/h4-13,16,18,26,35H,3,14-15,17H2,1-2H3,(H,32,36)(H,33,37)(H2,31,38,39)/t18-,26-/m1/s1. The van der Waals surface area contributed by atoms with Crippen LogP contribution in [0.4, 0.5) is 10.5 Å². The number of sulfonamides is 1. The van der Waals surface area contributed by atoms with Crippen LogP contribution in [0.15, 0.2) is 71.6 Å². The molecule has 214 valence electrons. The van der Waals surface area contributed by atoms with Crippen LogP contribution < -0.4 is 15.8 Å². The van der Waals surface area contributed by atoms with Crippen molar-refractivity contribution >= 4 is 50.9 Å². The molecule has 0 heterocycles. The summed E-state index contributed by atoms with van der Waals surface area (Å²) in [6, 6.07) is 17.0. The van der Waals surface area contributed by atoms with E-state index in [1.807, 2.05) is 26.0 Å². The lowest BCUT2D eigenvalue weighted by Crippen LogP contribution is -2.43. The van der Waals surface area contributed by atoms with E-state index in [0.29, 0.717) is 46.2 Å². The summed E-state index contributed by atoms with van der Waals surface area (Å²) in [6.07, 6.45) is 0.297. The molecule has 0 radical (unpaired) electrons. The van der Waals surface area contributed by atoms with Gasteiger partial charge >= 0.3 is 6.03 Å².